The summed E-state index contributed by atoms with van der Waals surface area (Å²) in [5.41, 5.74) is 0.173. The Hall–Kier alpha value is -1.29. The fourth-order valence-corrected chi connectivity index (χ4v) is 1.10. The highest BCUT2D eigenvalue weighted by molar-refractivity contribution is 6.32. The molecule has 0 aromatic heterocycles. The summed E-state index contributed by atoms with van der Waals surface area (Å²) in [5.74, 6) is -0.890. The molecule has 3 nitrogen and oxygen atoms in total. The number of benzene rings is 1. The van der Waals surface area contributed by atoms with Gasteiger partial charge in [-0.05, 0) is 19.1 Å². The largest absolute Gasteiger partial charge is 0.506 e. The molecule has 0 saturated carbocycles. The molecule has 0 fully saturated rings. The summed E-state index contributed by atoms with van der Waals surface area (Å²) in [6.07, 6.45) is 0. The van der Waals surface area contributed by atoms with Gasteiger partial charge in [0, 0.05) is 5.56 Å². The molecular weight excluding hydrogens is 197 g/mol. The third-order valence-electron chi connectivity index (χ3n) is 1.57. The molecule has 0 aliphatic carbocycles. The zero-order chi connectivity index (χ0) is 10.0. The first-order valence-corrected chi connectivity index (χ1v) is 3.81. The molecule has 1 aromatic rings. The lowest BCUT2D eigenvalue weighted by atomic mass is 10.1. The van der Waals surface area contributed by atoms with E-state index in [1.54, 1.807) is 0 Å². The predicted octanol–water partition coefficient (Wildman–Crippen LogP) is 2.38. The Kier molecular flexibility index (Phi) is 2.72. The van der Waals surface area contributed by atoms with Crippen molar-refractivity contribution in [1.82, 2.24) is 0 Å². The Labute approximate surface area is 79.1 Å². The van der Waals surface area contributed by atoms with Gasteiger partial charge < -0.3 is 10.3 Å². The first-order chi connectivity index (χ1) is 6.06. The summed E-state index contributed by atoms with van der Waals surface area (Å²) < 4.78 is 12.8. The minimum absolute atomic E-state index is 0.0764. The van der Waals surface area contributed by atoms with Crippen molar-refractivity contribution in [2.75, 3.05) is 0 Å². The van der Waals surface area contributed by atoms with Crippen molar-refractivity contribution in [3.63, 3.8) is 0 Å². The van der Waals surface area contributed by atoms with Crippen LogP contribution in [-0.4, -0.2) is 16.0 Å². The Morgan fingerprint density at radius 3 is 2.69 bits per heavy atom. The van der Waals surface area contributed by atoms with Crippen LogP contribution in [0.25, 0.3) is 0 Å². The van der Waals surface area contributed by atoms with E-state index in [1.165, 1.54) is 6.92 Å². The maximum Gasteiger partial charge on any atom is 0.143 e. The summed E-state index contributed by atoms with van der Waals surface area (Å²) >= 11 is 5.49. The second kappa shape index (κ2) is 3.62. The number of aromatic hydroxyl groups is 1. The predicted molar refractivity (Wildman–Crippen MR) is 47.1 cm³/mol. The van der Waals surface area contributed by atoms with Crippen LogP contribution in [0, 0.1) is 5.82 Å². The minimum atomic E-state index is -0.596. The molecule has 70 valence electrons. The zero-order valence-corrected chi connectivity index (χ0v) is 7.51. The van der Waals surface area contributed by atoms with Crippen molar-refractivity contribution in [2.45, 2.75) is 6.92 Å². The smallest absolute Gasteiger partial charge is 0.143 e. The SMILES string of the molecule is C/C(=N\O)c1cc(F)cc(Cl)c1O. The molecule has 0 radical (unpaired) electrons. The second-order valence-electron chi connectivity index (χ2n) is 2.47. The van der Waals surface area contributed by atoms with Crippen molar-refractivity contribution in [1.29, 1.82) is 0 Å². The maximum absolute atomic E-state index is 12.8. The third kappa shape index (κ3) is 1.89. The van der Waals surface area contributed by atoms with Gasteiger partial charge in [0.2, 0.25) is 0 Å². The molecule has 1 rings (SSSR count). The van der Waals surface area contributed by atoms with E-state index in [1.807, 2.05) is 0 Å². The topological polar surface area (TPSA) is 52.8 Å². The number of rotatable bonds is 1. The van der Waals surface area contributed by atoms with Crippen LogP contribution in [0.4, 0.5) is 4.39 Å². The lowest BCUT2D eigenvalue weighted by Crippen LogP contribution is -1.96. The van der Waals surface area contributed by atoms with Crippen molar-refractivity contribution < 1.29 is 14.7 Å². The van der Waals surface area contributed by atoms with Crippen molar-refractivity contribution >= 4 is 17.3 Å². The zero-order valence-electron chi connectivity index (χ0n) is 6.75. The van der Waals surface area contributed by atoms with E-state index < -0.39 is 5.82 Å². The van der Waals surface area contributed by atoms with Crippen LogP contribution in [0.5, 0.6) is 5.75 Å². The fraction of sp³-hybridized carbons (Fsp3) is 0.125. The highest BCUT2D eigenvalue weighted by Crippen LogP contribution is 2.28. The van der Waals surface area contributed by atoms with E-state index in [-0.39, 0.29) is 22.0 Å². The van der Waals surface area contributed by atoms with Gasteiger partial charge in [0.25, 0.3) is 0 Å². The first-order valence-electron chi connectivity index (χ1n) is 3.43. The van der Waals surface area contributed by atoms with Gasteiger partial charge in [-0.3, -0.25) is 0 Å². The molecule has 0 amide bonds. The second-order valence-corrected chi connectivity index (χ2v) is 2.88. The van der Waals surface area contributed by atoms with Gasteiger partial charge in [-0.15, -0.1) is 0 Å². The monoisotopic (exact) mass is 203 g/mol. The van der Waals surface area contributed by atoms with Gasteiger partial charge in [0.1, 0.15) is 11.6 Å². The van der Waals surface area contributed by atoms with E-state index in [0.717, 1.165) is 12.1 Å². The molecule has 0 unspecified atom stereocenters. The number of phenols is 1. The maximum atomic E-state index is 12.8. The van der Waals surface area contributed by atoms with Crippen LogP contribution in [0.1, 0.15) is 12.5 Å². The van der Waals surface area contributed by atoms with E-state index in [9.17, 15) is 9.50 Å². The number of nitrogens with zero attached hydrogens (tertiary/aromatic N) is 1. The number of halogens is 2. The average molecular weight is 204 g/mol. The molecule has 13 heavy (non-hydrogen) atoms. The molecule has 0 bridgehead atoms. The van der Waals surface area contributed by atoms with Gasteiger partial charge in [0.05, 0.1) is 10.7 Å². The lowest BCUT2D eigenvalue weighted by Gasteiger charge is -2.04. The molecule has 5 heteroatoms. The molecular formula is C8H7ClFNO2. The summed E-state index contributed by atoms with van der Waals surface area (Å²) in [6.45, 7) is 1.42. The molecule has 0 heterocycles. The van der Waals surface area contributed by atoms with Crippen molar-refractivity contribution in [3.8, 4) is 5.75 Å². The highest BCUT2D eigenvalue weighted by atomic mass is 35.5. The van der Waals surface area contributed by atoms with E-state index in [2.05, 4.69) is 5.16 Å². The Bertz CT molecular complexity index is 365. The minimum Gasteiger partial charge on any atom is -0.506 e. The van der Waals surface area contributed by atoms with Crippen LogP contribution in [0.2, 0.25) is 5.02 Å². The van der Waals surface area contributed by atoms with Gasteiger partial charge >= 0.3 is 0 Å². The number of oxime groups is 1. The number of phenolic OH excluding ortho intramolecular Hbond substituents is 1. The first kappa shape index (κ1) is 9.80. The van der Waals surface area contributed by atoms with Crippen LogP contribution < -0.4 is 0 Å². The molecule has 0 aliphatic heterocycles. The van der Waals surface area contributed by atoms with E-state index >= 15 is 0 Å². The Morgan fingerprint density at radius 2 is 2.15 bits per heavy atom. The molecule has 0 saturated heterocycles. The third-order valence-corrected chi connectivity index (χ3v) is 1.86. The summed E-state index contributed by atoms with van der Waals surface area (Å²) in [7, 11) is 0. The van der Waals surface area contributed by atoms with E-state index in [4.69, 9.17) is 16.8 Å². The average Bonchev–Trinajstić information content (AvgIpc) is 2.10. The van der Waals surface area contributed by atoms with Crippen LogP contribution in [-0.2, 0) is 0 Å². The molecule has 2 N–H and O–H groups in total. The quantitative estimate of drug-likeness (QED) is 0.418. The van der Waals surface area contributed by atoms with Crippen molar-refractivity contribution in [3.05, 3.63) is 28.5 Å². The standard InChI is InChI=1S/C8H7ClFNO2/c1-4(11-13)6-2-5(10)3-7(9)8(6)12/h2-3,12-13H,1H3/b11-4+. The van der Waals surface area contributed by atoms with Gasteiger partial charge in [-0.1, -0.05) is 16.8 Å². The number of hydrogen-bond acceptors (Lipinski definition) is 3. The van der Waals surface area contributed by atoms with Gasteiger partial charge in [-0.25, -0.2) is 4.39 Å². The molecule has 0 aliphatic rings. The van der Waals surface area contributed by atoms with Crippen LogP contribution in [0.15, 0.2) is 17.3 Å². The van der Waals surface area contributed by atoms with Gasteiger partial charge in [-0.2, -0.15) is 0 Å². The Morgan fingerprint density at radius 1 is 1.54 bits per heavy atom. The highest BCUT2D eigenvalue weighted by Gasteiger charge is 2.11. The van der Waals surface area contributed by atoms with Crippen LogP contribution >= 0.6 is 11.6 Å². The van der Waals surface area contributed by atoms with Gasteiger partial charge in [0.15, 0.2) is 0 Å². The summed E-state index contributed by atoms with van der Waals surface area (Å²) in [4.78, 5) is 0. The van der Waals surface area contributed by atoms with Crippen LogP contribution in [0.3, 0.4) is 0 Å². The molecule has 1 aromatic carbocycles. The lowest BCUT2D eigenvalue weighted by molar-refractivity contribution is 0.318. The molecule has 0 atom stereocenters. The fourth-order valence-electron chi connectivity index (χ4n) is 0.896. The van der Waals surface area contributed by atoms with E-state index in [0.29, 0.717) is 0 Å². The van der Waals surface area contributed by atoms with Crippen molar-refractivity contribution in [2.24, 2.45) is 5.16 Å². The molecule has 0 spiro atoms. The Balaban J connectivity index is 3.37. The summed E-state index contributed by atoms with van der Waals surface area (Å²) in [5, 5.41) is 20.5. The number of hydrogen-bond donors (Lipinski definition) is 2. The summed E-state index contributed by atoms with van der Waals surface area (Å²) in [6, 6.07) is 2.02. The normalized spacial score (nSPS) is 11.8.